The number of hydrogen-bond acceptors (Lipinski definition) is 3. The zero-order valence-corrected chi connectivity index (χ0v) is 16.4. The lowest BCUT2D eigenvalue weighted by molar-refractivity contribution is 0.404. The fraction of sp³-hybridized carbons (Fsp3) is 0.190. The van der Waals surface area contributed by atoms with E-state index in [1.165, 1.54) is 4.31 Å². The average Bonchev–Trinajstić information content (AvgIpc) is 2.68. The first-order valence-electron chi connectivity index (χ1n) is 8.69. The summed E-state index contributed by atoms with van der Waals surface area (Å²) in [6.07, 6.45) is 2.32. The molecule has 27 heavy (non-hydrogen) atoms. The van der Waals surface area contributed by atoms with Crippen LogP contribution in [0.4, 0.5) is 0 Å². The van der Waals surface area contributed by atoms with Crippen molar-refractivity contribution in [3.05, 3.63) is 101 Å². The van der Waals surface area contributed by atoms with E-state index in [2.05, 4.69) is 4.98 Å². The van der Waals surface area contributed by atoms with Gasteiger partial charge in [-0.2, -0.15) is 4.31 Å². The summed E-state index contributed by atoms with van der Waals surface area (Å²) in [7, 11) is -3.51. The summed E-state index contributed by atoms with van der Waals surface area (Å²) < 4.78 is 27.7. The van der Waals surface area contributed by atoms with Crippen molar-refractivity contribution in [1.82, 2.24) is 9.29 Å². The van der Waals surface area contributed by atoms with Crippen LogP contribution in [-0.2, 0) is 28.7 Å². The van der Waals surface area contributed by atoms with Crippen LogP contribution in [0.1, 0.15) is 16.8 Å². The molecule has 0 aliphatic carbocycles. The number of benzene rings is 2. The Hall–Kier alpha value is -2.21. The third kappa shape index (κ3) is 5.89. The molecule has 0 atom stereocenters. The molecule has 6 heteroatoms. The summed E-state index contributed by atoms with van der Waals surface area (Å²) in [6.45, 7) is 0.653. The fourth-order valence-electron chi connectivity index (χ4n) is 2.77. The van der Waals surface area contributed by atoms with Gasteiger partial charge < -0.3 is 0 Å². The van der Waals surface area contributed by atoms with Gasteiger partial charge in [0.1, 0.15) is 0 Å². The monoisotopic (exact) mass is 400 g/mol. The first kappa shape index (κ1) is 19.5. The van der Waals surface area contributed by atoms with Crippen molar-refractivity contribution < 1.29 is 8.42 Å². The first-order chi connectivity index (χ1) is 13.0. The molecule has 1 heterocycles. The van der Waals surface area contributed by atoms with Crippen LogP contribution in [0.3, 0.4) is 0 Å². The number of pyridine rings is 1. The Kier molecular flexibility index (Phi) is 6.61. The molecule has 1 aromatic heterocycles. The predicted octanol–water partition coefficient (Wildman–Crippen LogP) is 4.31. The Balaban J connectivity index is 1.79. The third-order valence-electron chi connectivity index (χ3n) is 4.21. The molecule has 0 aliphatic heterocycles. The molecule has 4 nitrogen and oxygen atoms in total. The fourth-order valence-corrected chi connectivity index (χ4v) is 4.39. The van der Waals surface area contributed by atoms with Crippen molar-refractivity contribution in [3.8, 4) is 0 Å². The molecule has 3 aromatic rings. The smallest absolute Gasteiger partial charge is 0.218 e. The van der Waals surface area contributed by atoms with Crippen LogP contribution >= 0.6 is 11.6 Å². The van der Waals surface area contributed by atoms with Crippen molar-refractivity contribution in [2.45, 2.75) is 18.7 Å². The van der Waals surface area contributed by atoms with Gasteiger partial charge in [0.05, 0.1) is 18.0 Å². The molecule has 0 aliphatic rings. The number of rotatable bonds is 8. The maximum atomic E-state index is 13.1. The summed E-state index contributed by atoms with van der Waals surface area (Å²) in [4.78, 5) is 4.28. The van der Waals surface area contributed by atoms with Gasteiger partial charge in [-0.1, -0.05) is 60.1 Å². The summed E-state index contributed by atoms with van der Waals surface area (Å²) in [5.74, 6) is -0.0637. The zero-order chi connectivity index (χ0) is 19.1. The Labute approximate surface area is 165 Å². The maximum absolute atomic E-state index is 13.1. The van der Waals surface area contributed by atoms with Crippen LogP contribution in [0, 0.1) is 0 Å². The molecule has 0 amide bonds. The third-order valence-corrected chi connectivity index (χ3v) is 6.26. The van der Waals surface area contributed by atoms with E-state index in [-0.39, 0.29) is 12.3 Å². The van der Waals surface area contributed by atoms with Crippen molar-refractivity contribution in [2.75, 3.05) is 6.54 Å². The van der Waals surface area contributed by atoms with Crippen LogP contribution in [0.15, 0.2) is 79.0 Å². The molecule has 3 rings (SSSR count). The van der Waals surface area contributed by atoms with Gasteiger partial charge >= 0.3 is 0 Å². The number of nitrogens with zero attached hydrogens (tertiary/aromatic N) is 2. The highest BCUT2D eigenvalue weighted by Gasteiger charge is 2.23. The van der Waals surface area contributed by atoms with Gasteiger partial charge in [0.15, 0.2) is 0 Å². The molecule has 140 valence electrons. The molecular formula is C21H21ClN2O2S. The van der Waals surface area contributed by atoms with E-state index >= 15 is 0 Å². The van der Waals surface area contributed by atoms with E-state index in [0.717, 1.165) is 11.3 Å². The lowest BCUT2D eigenvalue weighted by Gasteiger charge is -2.22. The van der Waals surface area contributed by atoms with E-state index in [9.17, 15) is 8.42 Å². The minimum Gasteiger partial charge on any atom is -0.260 e. The van der Waals surface area contributed by atoms with Crippen LogP contribution < -0.4 is 0 Å². The Bertz CT molecular complexity index is 946. The number of aromatic nitrogens is 1. The lowest BCUT2D eigenvalue weighted by atomic mass is 10.1. The minimum absolute atomic E-state index is 0.0637. The number of hydrogen-bond donors (Lipinski definition) is 0. The van der Waals surface area contributed by atoms with Gasteiger partial charge in [0.25, 0.3) is 0 Å². The molecular weight excluding hydrogens is 380 g/mol. The summed E-state index contributed by atoms with van der Waals surface area (Å²) in [5.41, 5.74) is 2.54. The molecule has 0 unspecified atom stereocenters. The molecule has 0 radical (unpaired) electrons. The van der Waals surface area contributed by atoms with Gasteiger partial charge in [-0.05, 0) is 41.8 Å². The molecule has 0 saturated carbocycles. The van der Waals surface area contributed by atoms with Crippen LogP contribution in [0.2, 0.25) is 5.02 Å². The van der Waals surface area contributed by atoms with Gasteiger partial charge in [-0.15, -0.1) is 0 Å². The quantitative estimate of drug-likeness (QED) is 0.566. The second-order valence-electron chi connectivity index (χ2n) is 6.27. The van der Waals surface area contributed by atoms with Crippen molar-refractivity contribution in [1.29, 1.82) is 0 Å². The van der Waals surface area contributed by atoms with Crippen LogP contribution in [-0.4, -0.2) is 24.3 Å². The van der Waals surface area contributed by atoms with E-state index in [1.807, 2.05) is 48.5 Å². The molecule has 0 spiro atoms. The standard InChI is InChI=1S/C21H21ClN2O2S/c22-20-11-9-19(10-12-20)17-27(25,26)24(16-21-8-4-5-14-23-21)15-13-18-6-2-1-3-7-18/h1-12,14H,13,15-17H2. The largest absolute Gasteiger partial charge is 0.260 e. The Morgan fingerprint density at radius 2 is 1.56 bits per heavy atom. The number of sulfonamides is 1. The van der Waals surface area contributed by atoms with Gasteiger partial charge in [0.2, 0.25) is 10.0 Å². The van der Waals surface area contributed by atoms with E-state index in [4.69, 9.17) is 11.6 Å². The van der Waals surface area contributed by atoms with Crippen LogP contribution in [0.5, 0.6) is 0 Å². The van der Waals surface area contributed by atoms with Gasteiger partial charge in [0, 0.05) is 17.8 Å². The highest BCUT2D eigenvalue weighted by Crippen LogP contribution is 2.17. The van der Waals surface area contributed by atoms with Crippen molar-refractivity contribution in [2.24, 2.45) is 0 Å². The molecule has 0 N–H and O–H groups in total. The van der Waals surface area contributed by atoms with E-state index in [0.29, 0.717) is 23.6 Å². The topological polar surface area (TPSA) is 50.3 Å². The average molecular weight is 401 g/mol. The predicted molar refractivity (Wildman–Crippen MR) is 109 cm³/mol. The lowest BCUT2D eigenvalue weighted by Crippen LogP contribution is -2.33. The van der Waals surface area contributed by atoms with Crippen molar-refractivity contribution in [3.63, 3.8) is 0 Å². The first-order valence-corrected chi connectivity index (χ1v) is 10.7. The Morgan fingerprint density at radius 3 is 2.22 bits per heavy atom. The SMILES string of the molecule is O=S(=O)(Cc1ccc(Cl)cc1)N(CCc1ccccc1)Cc1ccccn1. The second-order valence-corrected chi connectivity index (χ2v) is 8.68. The van der Waals surface area contributed by atoms with E-state index < -0.39 is 10.0 Å². The summed E-state index contributed by atoms with van der Waals surface area (Å²) in [6, 6.07) is 22.3. The summed E-state index contributed by atoms with van der Waals surface area (Å²) >= 11 is 5.90. The highest BCUT2D eigenvalue weighted by molar-refractivity contribution is 7.88. The minimum atomic E-state index is -3.51. The number of halogens is 1. The molecule has 2 aromatic carbocycles. The molecule has 0 bridgehead atoms. The summed E-state index contributed by atoms with van der Waals surface area (Å²) in [5, 5.41) is 0.588. The normalized spacial score (nSPS) is 11.6. The molecule has 0 fully saturated rings. The van der Waals surface area contributed by atoms with E-state index in [1.54, 1.807) is 30.5 Å². The van der Waals surface area contributed by atoms with Crippen LogP contribution in [0.25, 0.3) is 0 Å². The van der Waals surface area contributed by atoms with Crippen molar-refractivity contribution >= 4 is 21.6 Å². The second kappa shape index (κ2) is 9.13. The van der Waals surface area contributed by atoms with Gasteiger partial charge in [-0.25, -0.2) is 8.42 Å². The molecule has 0 saturated heterocycles. The Morgan fingerprint density at radius 1 is 0.852 bits per heavy atom. The maximum Gasteiger partial charge on any atom is 0.218 e. The van der Waals surface area contributed by atoms with Gasteiger partial charge in [-0.3, -0.25) is 4.98 Å². The highest BCUT2D eigenvalue weighted by atomic mass is 35.5. The zero-order valence-electron chi connectivity index (χ0n) is 14.8.